The summed E-state index contributed by atoms with van der Waals surface area (Å²) >= 11 is 0. The molecule has 0 bridgehead atoms. The Hall–Kier alpha value is -2.82. The van der Waals surface area contributed by atoms with Crippen molar-refractivity contribution >= 4 is 11.8 Å². The van der Waals surface area contributed by atoms with Crippen molar-refractivity contribution < 1.29 is 14.3 Å². The Morgan fingerprint density at radius 2 is 1.60 bits per heavy atom. The summed E-state index contributed by atoms with van der Waals surface area (Å²) in [5, 5.41) is 2.69. The molecule has 30 heavy (non-hydrogen) atoms. The minimum Gasteiger partial charge on any atom is -0.497 e. The molecule has 0 fully saturated rings. The van der Waals surface area contributed by atoms with Crippen molar-refractivity contribution in [2.24, 2.45) is 0 Å². The van der Waals surface area contributed by atoms with E-state index in [4.69, 9.17) is 4.74 Å². The van der Waals surface area contributed by atoms with Gasteiger partial charge in [-0.3, -0.25) is 9.59 Å². The average Bonchev–Trinajstić information content (AvgIpc) is 2.77. The number of nitrogens with one attached hydrogen (secondary N) is 1. The third kappa shape index (κ3) is 6.34. The van der Waals surface area contributed by atoms with Crippen LogP contribution in [0.5, 0.6) is 5.75 Å². The zero-order valence-corrected chi connectivity index (χ0v) is 18.8. The third-order valence-electron chi connectivity index (χ3n) is 5.42. The number of amides is 2. The van der Waals surface area contributed by atoms with E-state index in [2.05, 4.69) is 43.4 Å². The van der Waals surface area contributed by atoms with Gasteiger partial charge < -0.3 is 15.0 Å². The first-order chi connectivity index (χ1) is 14.4. The van der Waals surface area contributed by atoms with Crippen molar-refractivity contribution in [2.75, 3.05) is 14.2 Å². The van der Waals surface area contributed by atoms with Crippen LogP contribution in [-0.4, -0.2) is 36.9 Å². The van der Waals surface area contributed by atoms with Gasteiger partial charge in [0.2, 0.25) is 11.8 Å². The Morgan fingerprint density at radius 1 is 1.00 bits per heavy atom. The molecule has 0 saturated carbocycles. The molecule has 0 aromatic heterocycles. The number of carbonyl (C=O) groups excluding carboxylic acids is 2. The number of carbonyl (C=O) groups is 2. The predicted octanol–water partition coefficient (Wildman–Crippen LogP) is 4.30. The predicted molar refractivity (Wildman–Crippen MR) is 121 cm³/mol. The SMILES string of the molecule is CCC(C(=O)NC)N(Cc1ccc(OC)cc1)C(=O)CCc1ccc(C(C)C)cc1. The van der Waals surface area contributed by atoms with Gasteiger partial charge in [0.1, 0.15) is 11.8 Å². The Balaban J connectivity index is 2.14. The molecule has 162 valence electrons. The molecule has 1 N–H and O–H groups in total. The maximum Gasteiger partial charge on any atom is 0.242 e. The maximum absolute atomic E-state index is 13.2. The molecule has 0 spiro atoms. The maximum atomic E-state index is 13.2. The van der Waals surface area contributed by atoms with Crippen molar-refractivity contribution in [3.8, 4) is 5.75 Å². The minimum absolute atomic E-state index is 0.0193. The van der Waals surface area contributed by atoms with E-state index >= 15 is 0 Å². The minimum atomic E-state index is -0.493. The summed E-state index contributed by atoms with van der Waals surface area (Å²) < 4.78 is 5.21. The molecule has 1 atom stereocenters. The van der Waals surface area contributed by atoms with Crippen molar-refractivity contribution in [2.45, 2.75) is 58.5 Å². The molecule has 2 rings (SSSR count). The molecule has 0 aliphatic heterocycles. The van der Waals surface area contributed by atoms with Gasteiger partial charge in [-0.05, 0) is 47.6 Å². The first-order valence-corrected chi connectivity index (χ1v) is 10.6. The molecule has 0 radical (unpaired) electrons. The Morgan fingerprint density at radius 3 is 2.10 bits per heavy atom. The zero-order chi connectivity index (χ0) is 22.1. The average molecular weight is 411 g/mol. The number of benzene rings is 2. The van der Waals surface area contributed by atoms with Crippen LogP contribution in [0.1, 0.15) is 56.2 Å². The summed E-state index contributed by atoms with van der Waals surface area (Å²) in [6.07, 6.45) is 1.58. The van der Waals surface area contributed by atoms with E-state index in [1.165, 1.54) is 5.56 Å². The number of aryl methyl sites for hydroxylation is 1. The molecule has 0 saturated heterocycles. The first-order valence-electron chi connectivity index (χ1n) is 10.6. The zero-order valence-electron chi connectivity index (χ0n) is 18.8. The lowest BCUT2D eigenvalue weighted by Crippen LogP contribution is -2.48. The summed E-state index contributed by atoms with van der Waals surface area (Å²) in [6.45, 7) is 6.65. The van der Waals surface area contributed by atoms with Crippen LogP contribution in [0.2, 0.25) is 0 Å². The molecular weight excluding hydrogens is 376 g/mol. The monoisotopic (exact) mass is 410 g/mol. The Kier molecular flexibility index (Phi) is 8.90. The first kappa shape index (κ1) is 23.5. The lowest BCUT2D eigenvalue weighted by Gasteiger charge is -2.30. The highest BCUT2D eigenvalue weighted by molar-refractivity contribution is 5.87. The van der Waals surface area contributed by atoms with E-state index in [9.17, 15) is 9.59 Å². The van der Waals surface area contributed by atoms with Gasteiger partial charge in [-0.1, -0.05) is 57.2 Å². The van der Waals surface area contributed by atoms with E-state index in [-0.39, 0.29) is 11.8 Å². The molecular formula is C25H34N2O3. The molecule has 0 aliphatic carbocycles. The second kappa shape index (κ2) is 11.4. The summed E-state index contributed by atoms with van der Waals surface area (Å²) in [5.74, 6) is 1.09. The van der Waals surface area contributed by atoms with Crippen molar-refractivity contribution in [1.82, 2.24) is 10.2 Å². The largest absolute Gasteiger partial charge is 0.497 e. The highest BCUT2D eigenvalue weighted by atomic mass is 16.5. The van der Waals surface area contributed by atoms with Crippen LogP contribution < -0.4 is 10.1 Å². The fourth-order valence-electron chi connectivity index (χ4n) is 3.48. The van der Waals surface area contributed by atoms with Gasteiger partial charge in [-0.25, -0.2) is 0 Å². The van der Waals surface area contributed by atoms with E-state index in [0.717, 1.165) is 16.9 Å². The number of hydrogen-bond acceptors (Lipinski definition) is 3. The number of rotatable bonds is 10. The summed E-state index contributed by atoms with van der Waals surface area (Å²) in [5.41, 5.74) is 3.38. The normalized spacial score (nSPS) is 11.8. The Bertz CT molecular complexity index is 813. The Labute approximate surface area is 180 Å². The van der Waals surface area contributed by atoms with Crippen LogP contribution in [-0.2, 0) is 22.6 Å². The second-order valence-electron chi connectivity index (χ2n) is 7.80. The number of ether oxygens (including phenoxy) is 1. The summed E-state index contributed by atoms with van der Waals surface area (Å²) in [4.78, 5) is 27.3. The lowest BCUT2D eigenvalue weighted by molar-refractivity contribution is -0.141. The van der Waals surface area contributed by atoms with Crippen molar-refractivity contribution in [3.63, 3.8) is 0 Å². The van der Waals surface area contributed by atoms with Crippen LogP contribution in [0.4, 0.5) is 0 Å². The van der Waals surface area contributed by atoms with E-state index in [0.29, 0.717) is 31.7 Å². The number of hydrogen-bond donors (Lipinski definition) is 1. The molecule has 2 amide bonds. The third-order valence-corrected chi connectivity index (χ3v) is 5.42. The smallest absolute Gasteiger partial charge is 0.242 e. The quantitative estimate of drug-likeness (QED) is 0.635. The molecule has 2 aromatic carbocycles. The van der Waals surface area contributed by atoms with Crippen LogP contribution in [0.15, 0.2) is 48.5 Å². The highest BCUT2D eigenvalue weighted by Gasteiger charge is 2.27. The summed E-state index contributed by atoms with van der Waals surface area (Å²) in [6, 6.07) is 15.5. The van der Waals surface area contributed by atoms with Gasteiger partial charge in [0.05, 0.1) is 7.11 Å². The topological polar surface area (TPSA) is 58.6 Å². The van der Waals surface area contributed by atoms with Gasteiger partial charge in [-0.15, -0.1) is 0 Å². The number of methoxy groups -OCH3 is 1. The van der Waals surface area contributed by atoms with Gasteiger partial charge in [0.25, 0.3) is 0 Å². The standard InChI is InChI=1S/C25H34N2O3/c1-6-23(25(29)26-4)27(17-20-9-14-22(30-5)15-10-20)24(28)16-11-19-7-12-21(13-8-19)18(2)3/h7-10,12-15,18,23H,6,11,16-17H2,1-5H3,(H,26,29). The fraction of sp³-hybridized carbons (Fsp3) is 0.440. The van der Waals surface area contributed by atoms with E-state index < -0.39 is 6.04 Å². The molecule has 2 aromatic rings. The van der Waals surface area contributed by atoms with Gasteiger partial charge in [0.15, 0.2) is 0 Å². The molecule has 5 heteroatoms. The van der Waals surface area contributed by atoms with E-state index in [1.54, 1.807) is 19.1 Å². The molecule has 5 nitrogen and oxygen atoms in total. The van der Waals surface area contributed by atoms with Crippen LogP contribution >= 0.6 is 0 Å². The van der Waals surface area contributed by atoms with Crippen molar-refractivity contribution in [1.29, 1.82) is 0 Å². The van der Waals surface area contributed by atoms with Gasteiger partial charge >= 0.3 is 0 Å². The molecule has 0 aliphatic rings. The van der Waals surface area contributed by atoms with Crippen LogP contribution in [0.25, 0.3) is 0 Å². The number of likely N-dealkylation sites (N-methyl/N-ethyl adjacent to an activating group) is 1. The molecule has 0 heterocycles. The molecule has 1 unspecified atom stereocenters. The number of nitrogens with zero attached hydrogens (tertiary/aromatic N) is 1. The highest BCUT2D eigenvalue weighted by Crippen LogP contribution is 2.19. The van der Waals surface area contributed by atoms with Crippen LogP contribution in [0.3, 0.4) is 0 Å². The van der Waals surface area contributed by atoms with Gasteiger partial charge in [0, 0.05) is 20.0 Å². The second-order valence-corrected chi connectivity index (χ2v) is 7.80. The van der Waals surface area contributed by atoms with Crippen molar-refractivity contribution in [3.05, 3.63) is 65.2 Å². The fourth-order valence-corrected chi connectivity index (χ4v) is 3.48. The lowest BCUT2D eigenvalue weighted by atomic mass is 10.00. The van der Waals surface area contributed by atoms with Crippen LogP contribution in [0, 0.1) is 0 Å². The summed E-state index contributed by atoms with van der Waals surface area (Å²) in [7, 11) is 3.23. The van der Waals surface area contributed by atoms with E-state index in [1.807, 2.05) is 31.2 Å². The van der Waals surface area contributed by atoms with Gasteiger partial charge in [-0.2, -0.15) is 0 Å².